The minimum atomic E-state index is -0.0833. The van der Waals surface area contributed by atoms with Crippen molar-refractivity contribution in [3.8, 4) is 5.75 Å². The SMILES string of the molecule is COc1ccc(NC(=O)CSCc2cc(=O)c3c(C)cc(C)cc3[nH]2)cc1. The molecule has 6 heteroatoms. The molecule has 5 nitrogen and oxygen atoms in total. The number of amides is 1. The highest BCUT2D eigenvalue weighted by Gasteiger charge is 2.08. The number of hydrogen-bond acceptors (Lipinski definition) is 4. The number of H-pyrrole nitrogens is 1. The van der Waals surface area contributed by atoms with Gasteiger partial charge in [-0.25, -0.2) is 0 Å². The van der Waals surface area contributed by atoms with E-state index in [4.69, 9.17) is 4.74 Å². The van der Waals surface area contributed by atoms with E-state index >= 15 is 0 Å². The molecule has 0 saturated heterocycles. The lowest BCUT2D eigenvalue weighted by atomic mass is 10.1. The average molecular weight is 382 g/mol. The number of aromatic nitrogens is 1. The van der Waals surface area contributed by atoms with E-state index in [2.05, 4.69) is 10.3 Å². The van der Waals surface area contributed by atoms with E-state index in [1.165, 1.54) is 11.8 Å². The van der Waals surface area contributed by atoms with Crippen LogP contribution in [0.15, 0.2) is 47.3 Å². The largest absolute Gasteiger partial charge is 0.497 e. The van der Waals surface area contributed by atoms with Gasteiger partial charge < -0.3 is 15.0 Å². The summed E-state index contributed by atoms with van der Waals surface area (Å²) in [5.74, 6) is 1.53. The highest BCUT2D eigenvalue weighted by Crippen LogP contribution is 2.19. The van der Waals surface area contributed by atoms with Crippen LogP contribution < -0.4 is 15.5 Å². The Hall–Kier alpha value is -2.73. The molecule has 2 N–H and O–H groups in total. The van der Waals surface area contributed by atoms with Crippen molar-refractivity contribution in [2.45, 2.75) is 19.6 Å². The van der Waals surface area contributed by atoms with Crippen molar-refractivity contribution in [2.75, 3.05) is 18.2 Å². The van der Waals surface area contributed by atoms with Gasteiger partial charge in [0, 0.05) is 28.6 Å². The maximum atomic E-state index is 12.4. The molecule has 0 aliphatic carbocycles. The van der Waals surface area contributed by atoms with Crippen LogP contribution in [0, 0.1) is 13.8 Å². The minimum absolute atomic E-state index is 0.0135. The first-order valence-corrected chi connectivity index (χ1v) is 9.76. The van der Waals surface area contributed by atoms with Gasteiger partial charge >= 0.3 is 0 Å². The second-order valence-electron chi connectivity index (χ2n) is 6.43. The second-order valence-corrected chi connectivity index (χ2v) is 7.42. The van der Waals surface area contributed by atoms with E-state index in [0.29, 0.717) is 11.5 Å². The Bertz CT molecular complexity index is 1030. The highest BCUT2D eigenvalue weighted by atomic mass is 32.2. The number of carbonyl (C=O) groups is 1. The fraction of sp³-hybridized carbons (Fsp3) is 0.238. The van der Waals surface area contributed by atoms with E-state index in [-0.39, 0.29) is 11.3 Å². The van der Waals surface area contributed by atoms with Gasteiger partial charge in [0.15, 0.2) is 5.43 Å². The van der Waals surface area contributed by atoms with Crippen LogP contribution in [0.5, 0.6) is 5.75 Å². The third-order valence-electron chi connectivity index (χ3n) is 4.19. The van der Waals surface area contributed by atoms with Crippen LogP contribution >= 0.6 is 11.8 Å². The number of thioether (sulfide) groups is 1. The van der Waals surface area contributed by atoms with Gasteiger partial charge in [-0.1, -0.05) is 6.07 Å². The maximum Gasteiger partial charge on any atom is 0.234 e. The lowest BCUT2D eigenvalue weighted by molar-refractivity contribution is -0.113. The number of aryl methyl sites for hydroxylation is 2. The molecule has 1 heterocycles. The second kappa shape index (κ2) is 8.31. The predicted octanol–water partition coefficient (Wildman–Crippen LogP) is 4.03. The first-order valence-electron chi connectivity index (χ1n) is 8.61. The molecule has 0 radical (unpaired) electrons. The van der Waals surface area contributed by atoms with Gasteiger partial charge in [0.25, 0.3) is 0 Å². The molecule has 0 saturated carbocycles. The van der Waals surface area contributed by atoms with E-state index in [0.717, 1.165) is 39.2 Å². The van der Waals surface area contributed by atoms with Crippen molar-refractivity contribution in [2.24, 2.45) is 0 Å². The molecule has 3 aromatic rings. The number of anilines is 1. The number of ether oxygens (including phenoxy) is 1. The molecule has 0 aliphatic heterocycles. The van der Waals surface area contributed by atoms with Crippen LogP contribution in [0.25, 0.3) is 10.9 Å². The third kappa shape index (κ3) is 4.71. The maximum absolute atomic E-state index is 12.4. The van der Waals surface area contributed by atoms with Gasteiger partial charge in [-0.2, -0.15) is 0 Å². The zero-order valence-electron chi connectivity index (χ0n) is 15.6. The Balaban J connectivity index is 1.61. The molecule has 0 bridgehead atoms. The number of pyridine rings is 1. The Kier molecular flexibility index (Phi) is 5.86. The molecule has 0 spiro atoms. The lowest BCUT2D eigenvalue weighted by Gasteiger charge is -2.08. The molecule has 2 aromatic carbocycles. The van der Waals surface area contributed by atoms with Gasteiger partial charge in [0.1, 0.15) is 5.75 Å². The summed E-state index contributed by atoms with van der Waals surface area (Å²) in [5.41, 5.74) is 4.49. The summed E-state index contributed by atoms with van der Waals surface area (Å²) in [6, 6.07) is 12.8. The van der Waals surface area contributed by atoms with Gasteiger partial charge in [-0.05, 0) is 55.3 Å². The van der Waals surface area contributed by atoms with Crippen LogP contribution in [-0.4, -0.2) is 23.8 Å². The Morgan fingerprint density at radius 2 is 1.89 bits per heavy atom. The van der Waals surface area contributed by atoms with Crippen molar-refractivity contribution < 1.29 is 9.53 Å². The first kappa shape index (κ1) is 19.0. The molecule has 1 amide bonds. The number of aromatic amines is 1. The molecular weight excluding hydrogens is 360 g/mol. The van der Waals surface area contributed by atoms with Crippen LogP contribution in [-0.2, 0) is 10.5 Å². The number of carbonyl (C=O) groups excluding carboxylic acids is 1. The Morgan fingerprint density at radius 1 is 1.15 bits per heavy atom. The zero-order chi connectivity index (χ0) is 19.4. The van der Waals surface area contributed by atoms with E-state index in [1.54, 1.807) is 37.4 Å². The monoisotopic (exact) mass is 382 g/mol. The molecule has 1 aromatic heterocycles. The molecule has 0 aliphatic rings. The summed E-state index contributed by atoms with van der Waals surface area (Å²) < 4.78 is 5.10. The van der Waals surface area contributed by atoms with Gasteiger partial charge in [-0.3, -0.25) is 9.59 Å². The van der Waals surface area contributed by atoms with Crippen LogP contribution in [0.2, 0.25) is 0 Å². The lowest BCUT2D eigenvalue weighted by Crippen LogP contribution is -2.14. The molecule has 3 rings (SSSR count). The zero-order valence-corrected chi connectivity index (χ0v) is 16.4. The van der Waals surface area contributed by atoms with E-state index < -0.39 is 0 Å². The predicted molar refractivity (Wildman–Crippen MR) is 112 cm³/mol. The van der Waals surface area contributed by atoms with Crippen LogP contribution in [0.1, 0.15) is 16.8 Å². The number of benzene rings is 2. The average Bonchev–Trinajstić information content (AvgIpc) is 2.61. The molecule has 0 fully saturated rings. The van der Waals surface area contributed by atoms with Crippen LogP contribution in [0.4, 0.5) is 5.69 Å². The third-order valence-corrected chi connectivity index (χ3v) is 5.17. The number of nitrogens with one attached hydrogen (secondary N) is 2. The number of fused-ring (bicyclic) bond motifs is 1. The fourth-order valence-electron chi connectivity index (χ4n) is 3.04. The van der Waals surface area contributed by atoms with E-state index in [9.17, 15) is 9.59 Å². The normalized spacial score (nSPS) is 10.8. The topological polar surface area (TPSA) is 71.2 Å². The van der Waals surface area contributed by atoms with Gasteiger partial charge in [-0.15, -0.1) is 11.8 Å². The molecule has 27 heavy (non-hydrogen) atoms. The molecule has 0 atom stereocenters. The quantitative estimate of drug-likeness (QED) is 0.675. The van der Waals surface area contributed by atoms with Crippen LogP contribution in [0.3, 0.4) is 0 Å². The highest BCUT2D eigenvalue weighted by molar-refractivity contribution is 7.99. The van der Waals surface area contributed by atoms with Crippen molar-refractivity contribution >= 4 is 34.3 Å². The summed E-state index contributed by atoms with van der Waals surface area (Å²) in [6.07, 6.45) is 0. The first-order chi connectivity index (χ1) is 13.0. The summed E-state index contributed by atoms with van der Waals surface area (Å²) in [4.78, 5) is 27.8. The fourth-order valence-corrected chi connectivity index (χ4v) is 3.77. The summed E-state index contributed by atoms with van der Waals surface area (Å²) in [6.45, 7) is 3.96. The molecule has 0 unspecified atom stereocenters. The Morgan fingerprint density at radius 3 is 2.59 bits per heavy atom. The van der Waals surface area contributed by atoms with Gasteiger partial charge in [0.05, 0.1) is 18.4 Å². The Labute approximate surface area is 162 Å². The summed E-state index contributed by atoms with van der Waals surface area (Å²) in [5, 5.41) is 3.58. The summed E-state index contributed by atoms with van der Waals surface area (Å²) >= 11 is 1.46. The number of methoxy groups -OCH3 is 1. The van der Waals surface area contributed by atoms with Crippen molar-refractivity contribution in [1.29, 1.82) is 0 Å². The van der Waals surface area contributed by atoms with Gasteiger partial charge in [0.2, 0.25) is 5.91 Å². The minimum Gasteiger partial charge on any atom is -0.497 e. The van der Waals surface area contributed by atoms with Crippen molar-refractivity contribution in [3.05, 3.63) is 69.5 Å². The molecular formula is C21H22N2O3S. The summed E-state index contributed by atoms with van der Waals surface area (Å²) in [7, 11) is 1.60. The molecule has 140 valence electrons. The number of hydrogen-bond donors (Lipinski definition) is 2. The number of rotatable bonds is 6. The van der Waals surface area contributed by atoms with E-state index in [1.807, 2.05) is 26.0 Å². The van der Waals surface area contributed by atoms with Crippen molar-refractivity contribution in [3.63, 3.8) is 0 Å². The standard InChI is InChI=1S/C21H22N2O3S/c1-13-8-14(2)21-18(9-13)22-16(10-19(21)24)11-27-12-20(25)23-15-4-6-17(26-3)7-5-15/h4-10H,11-12H2,1-3H3,(H,22,24)(H,23,25). The smallest absolute Gasteiger partial charge is 0.234 e. The van der Waals surface area contributed by atoms with Crippen molar-refractivity contribution in [1.82, 2.24) is 4.98 Å².